The number of carbonyl (C=O) groups excluding carboxylic acids is 1. The molecule has 0 radical (unpaired) electrons. The second-order valence-electron chi connectivity index (χ2n) is 7.63. The lowest BCUT2D eigenvalue weighted by Gasteiger charge is -2.35. The van der Waals surface area contributed by atoms with Gasteiger partial charge in [-0.3, -0.25) is 9.69 Å². The van der Waals surface area contributed by atoms with E-state index in [9.17, 15) is 4.79 Å². The van der Waals surface area contributed by atoms with Crippen LogP contribution in [0, 0.1) is 11.8 Å². The zero-order valence-electron chi connectivity index (χ0n) is 15.0. The highest BCUT2D eigenvalue weighted by Gasteiger charge is 2.24. The molecule has 1 amide bonds. The maximum atomic E-state index is 12.2. The predicted octanol–water partition coefficient (Wildman–Crippen LogP) is 2.96. The summed E-state index contributed by atoms with van der Waals surface area (Å²) in [5, 5.41) is 3.05. The van der Waals surface area contributed by atoms with Crippen LogP contribution in [0.3, 0.4) is 0 Å². The van der Waals surface area contributed by atoms with Gasteiger partial charge in [-0.05, 0) is 42.2 Å². The molecule has 132 valence electrons. The first-order chi connectivity index (χ1) is 11.6. The van der Waals surface area contributed by atoms with E-state index in [0.29, 0.717) is 13.2 Å². The number of hydrogen-bond acceptors (Lipinski definition) is 3. The van der Waals surface area contributed by atoms with Crippen LogP contribution < -0.4 is 5.32 Å². The molecule has 2 saturated heterocycles. The Hall–Kier alpha value is -1.39. The Bertz CT molecular complexity index is 544. The van der Waals surface area contributed by atoms with E-state index in [2.05, 4.69) is 48.3 Å². The summed E-state index contributed by atoms with van der Waals surface area (Å²) in [5.41, 5.74) is 2.54. The standard InChI is InChI=1S/C20H30N2O2/c1-15-10-16(2)13-22(12-15)14-18-7-4-3-6-17(18)11-21-20(23)19-8-5-9-24-19/h3-4,6-7,15-16,19H,5,8-14H2,1-2H3,(H,21,23). The van der Waals surface area contributed by atoms with Crippen molar-refractivity contribution < 1.29 is 9.53 Å². The summed E-state index contributed by atoms with van der Waals surface area (Å²) >= 11 is 0. The zero-order chi connectivity index (χ0) is 16.9. The average Bonchev–Trinajstić information content (AvgIpc) is 3.07. The molecule has 0 spiro atoms. The Morgan fingerprint density at radius 2 is 1.92 bits per heavy atom. The van der Waals surface area contributed by atoms with Gasteiger partial charge in [-0.25, -0.2) is 0 Å². The molecule has 3 unspecified atom stereocenters. The van der Waals surface area contributed by atoms with E-state index in [4.69, 9.17) is 4.74 Å². The van der Waals surface area contributed by atoms with Crippen LogP contribution in [0.2, 0.25) is 0 Å². The van der Waals surface area contributed by atoms with Crippen LogP contribution in [0.5, 0.6) is 0 Å². The van der Waals surface area contributed by atoms with Crippen molar-refractivity contribution in [2.24, 2.45) is 11.8 Å². The average molecular weight is 330 g/mol. The molecular formula is C20H30N2O2. The number of benzene rings is 1. The number of hydrogen-bond donors (Lipinski definition) is 1. The van der Waals surface area contributed by atoms with Crippen LogP contribution in [0.1, 0.15) is 44.2 Å². The molecular weight excluding hydrogens is 300 g/mol. The molecule has 0 aromatic heterocycles. The topological polar surface area (TPSA) is 41.6 Å². The van der Waals surface area contributed by atoms with E-state index in [1.54, 1.807) is 0 Å². The molecule has 1 N–H and O–H groups in total. The molecule has 1 aromatic rings. The molecule has 2 aliphatic rings. The van der Waals surface area contributed by atoms with Gasteiger partial charge in [0, 0.05) is 32.8 Å². The minimum absolute atomic E-state index is 0.0301. The second-order valence-corrected chi connectivity index (χ2v) is 7.63. The molecule has 2 aliphatic heterocycles. The highest BCUT2D eigenvalue weighted by Crippen LogP contribution is 2.23. The monoisotopic (exact) mass is 330 g/mol. The Morgan fingerprint density at radius 3 is 2.58 bits per heavy atom. The summed E-state index contributed by atoms with van der Waals surface area (Å²) < 4.78 is 5.46. The summed E-state index contributed by atoms with van der Waals surface area (Å²) in [5.74, 6) is 1.56. The molecule has 3 atom stereocenters. The fraction of sp³-hybridized carbons (Fsp3) is 0.650. The molecule has 2 fully saturated rings. The Balaban J connectivity index is 1.59. The summed E-state index contributed by atoms with van der Waals surface area (Å²) in [6.07, 6.45) is 2.91. The van der Waals surface area contributed by atoms with Crippen molar-refractivity contribution in [3.63, 3.8) is 0 Å². The Labute approximate surface area is 145 Å². The number of rotatable bonds is 5. The van der Waals surface area contributed by atoms with Gasteiger partial charge >= 0.3 is 0 Å². The molecule has 1 aromatic carbocycles. The third kappa shape index (κ3) is 4.58. The first-order valence-electron chi connectivity index (χ1n) is 9.30. The molecule has 3 rings (SSSR count). The van der Waals surface area contributed by atoms with Gasteiger partial charge in [0.15, 0.2) is 0 Å². The normalized spacial score (nSPS) is 28.0. The first kappa shape index (κ1) is 17.4. The van der Waals surface area contributed by atoms with E-state index < -0.39 is 0 Å². The molecule has 24 heavy (non-hydrogen) atoms. The largest absolute Gasteiger partial charge is 0.368 e. The SMILES string of the molecule is CC1CC(C)CN(Cc2ccccc2CNC(=O)C2CCCO2)C1. The maximum absolute atomic E-state index is 12.2. The van der Waals surface area contributed by atoms with Gasteiger partial charge in [0.05, 0.1) is 0 Å². The first-order valence-corrected chi connectivity index (χ1v) is 9.30. The van der Waals surface area contributed by atoms with Crippen molar-refractivity contribution in [1.29, 1.82) is 0 Å². The van der Waals surface area contributed by atoms with E-state index in [0.717, 1.165) is 31.2 Å². The van der Waals surface area contributed by atoms with Crippen LogP contribution in [0.15, 0.2) is 24.3 Å². The highest BCUT2D eigenvalue weighted by molar-refractivity contribution is 5.80. The molecule has 2 heterocycles. The third-order valence-corrected chi connectivity index (χ3v) is 5.13. The van der Waals surface area contributed by atoms with Crippen LogP contribution >= 0.6 is 0 Å². The minimum Gasteiger partial charge on any atom is -0.368 e. The summed E-state index contributed by atoms with van der Waals surface area (Å²) in [6, 6.07) is 8.47. The van der Waals surface area contributed by atoms with Crippen LogP contribution in [0.4, 0.5) is 0 Å². The Morgan fingerprint density at radius 1 is 1.21 bits per heavy atom. The van der Waals surface area contributed by atoms with Crippen molar-refractivity contribution in [1.82, 2.24) is 10.2 Å². The highest BCUT2D eigenvalue weighted by atomic mass is 16.5. The van der Waals surface area contributed by atoms with Gasteiger partial charge in [-0.2, -0.15) is 0 Å². The lowest BCUT2D eigenvalue weighted by Crippen LogP contribution is -2.38. The van der Waals surface area contributed by atoms with Gasteiger partial charge in [0.2, 0.25) is 5.91 Å². The van der Waals surface area contributed by atoms with Gasteiger partial charge < -0.3 is 10.1 Å². The number of nitrogens with one attached hydrogen (secondary N) is 1. The fourth-order valence-corrected chi connectivity index (χ4v) is 4.13. The number of nitrogens with zero attached hydrogens (tertiary/aromatic N) is 1. The lowest BCUT2D eigenvalue weighted by atomic mass is 9.91. The van der Waals surface area contributed by atoms with Crippen LogP contribution in [0.25, 0.3) is 0 Å². The molecule has 4 nitrogen and oxygen atoms in total. The van der Waals surface area contributed by atoms with Crippen molar-refractivity contribution in [2.75, 3.05) is 19.7 Å². The number of likely N-dealkylation sites (tertiary alicyclic amines) is 1. The predicted molar refractivity (Wildman–Crippen MR) is 95.5 cm³/mol. The van der Waals surface area contributed by atoms with Crippen molar-refractivity contribution >= 4 is 5.91 Å². The van der Waals surface area contributed by atoms with E-state index in [1.807, 2.05) is 0 Å². The van der Waals surface area contributed by atoms with E-state index >= 15 is 0 Å². The number of amides is 1. The number of piperidine rings is 1. The summed E-state index contributed by atoms with van der Waals surface area (Å²) in [6.45, 7) is 9.29. The van der Waals surface area contributed by atoms with Gasteiger partial charge in [-0.1, -0.05) is 38.1 Å². The quantitative estimate of drug-likeness (QED) is 0.902. The van der Waals surface area contributed by atoms with E-state index in [1.165, 1.54) is 30.6 Å². The van der Waals surface area contributed by atoms with Gasteiger partial charge in [-0.15, -0.1) is 0 Å². The number of ether oxygens (including phenoxy) is 1. The molecule has 0 aliphatic carbocycles. The fourth-order valence-electron chi connectivity index (χ4n) is 4.13. The minimum atomic E-state index is -0.249. The maximum Gasteiger partial charge on any atom is 0.249 e. The van der Waals surface area contributed by atoms with Crippen LogP contribution in [-0.4, -0.2) is 36.6 Å². The molecule has 0 saturated carbocycles. The lowest BCUT2D eigenvalue weighted by molar-refractivity contribution is -0.130. The van der Waals surface area contributed by atoms with E-state index in [-0.39, 0.29) is 12.0 Å². The summed E-state index contributed by atoms with van der Waals surface area (Å²) in [7, 11) is 0. The van der Waals surface area contributed by atoms with Crippen LogP contribution in [-0.2, 0) is 22.6 Å². The van der Waals surface area contributed by atoms with Crippen molar-refractivity contribution in [2.45, 2.75) is 52.3 Å². The van der Waals surface area contributed by atoms with Gasteiger partial charge in [0.25, 0.3) is 0 Å². The smallest absolute Gasteiger partial charge is 0.249 e. The zero-order valence-corrected chi connectivity index (χ0v) is 15.0. The molecule has 0 bridgehead atoms. The van der Waals surface area contributed by atoms with Crippen molar-refractivity contribution in [3.05, 3.63) is 35.4 Å². The van der Waals surface area contributed by atoms with Gasteiger partial charge in [0.1, 0.15) is 6.10 Å². The van der Waals surface area contributed by atoms with Crippen molar-refractivity contribution in [3.8, 4) is 0 Å². The second kappa shape index (κ2) is 8.13. The summed E-state index contributed by atoms with van der Waals surface area (Å²) in [4.78, 5) is 14.7. The Kier molecular flexibility index (Phi) is 5.90. The molecule has 4 heteroatoms. The number of carbonyl (C=O) groups is 1. The third-order valence-electron chi connectivity index (χ3n) is 5.13.